The van der Waals surface area contributed by atoms with E-state index in [1.54, 1.807) is 6.20 Å². The standard InChI is InChI=1S/C15H20N4/c1-19-14(8-9-17-19)15(18-16)13-7-3-6-12(10-13)11-4-2-5-11/h3,6-11,15,18H,2,4-5,16H2,1H3. The van der Waals surface area contributed by atoms with Gasteiger partial charge in [-0.3, -0.25) is 10.5 Å². The highest BCUT2D eigenvalue weighted by Gasteiger charge is 2.21. The molecule has 3 N–H and O–H groups in total. The smallest absolute Gasteiger partial charge is 0.0878 e. The van der Waals surface area contributed by atoms with Crippen LogP contribution in [0.4, 0.5) is 0 Å². The number of hydrogen-bond donors (Lipinski definition) is 2. The Morgan fingerprint density at radius 2 is 2.21 bits per heavy atom. The molecule has 1 heterocycles. The zero-order valence-electron chi connectivity index (χ0n) is 11.2. The minimum Gasteiger partial charge on any atom is -0.271 e. The Kier molecular flexibility index (Phi) is 3.36. The summed E-state index contributed by atoms with van der Waals surface area (Å²) in [7, 11) is 1.94. The van der Waals surface area contributed by atoms with Crippen LogP contribution in [0, 0.1) is 0 Å². The van der Waals surface area contributed by atoms with Gasteiger partial charge in [0.15, 0.2) is 0 Å². The van der Waals surface area contributed by atoms with Crippen LogP contribution in [-0.2, 0) is 7.05 Å². The fourth-order valence-corrected chi connectivity index (χ4v) is 2.75. The summed E-state index contributed by atoms with van der Waals surface area (Å²) in [5, 5.41) is 4.22. The Balaban J connectivity index is 1.93. The molecule has 1 aliphatic rings. The molecule has 2 aromatic rings. The number of benzene rings is 1. The minimum absolute atomic E-state index is 0.00692. The molecule has 0 saturated heterocycles. The van der Waals surface area contributed by atoms with Gasteiger partial charge in [-0.25, -0.2) is 5.43 Å². The van der Waals surface area contributed by atoms with Crippen LogP contribution in [0.25, 0.3) is 0 Å². The van der Waals surface area contributed by atoms with Crippen molar-refractivity contribution in [1.29, 1.82) is 0 Å². The molecule has 1 aliphatic carbocycles. The lowest BCUT2D eigenvalue weighted by Gasteiger charge is -2.27. The van der Waals surface area contributed by atoms with E-state index in [9.17, 15) is 0 Å². The van der Waals surface area contributed by atoms with Gasteiger partial charge in [0.05, 0.1) is 11.7 Å². The quantitative estimate of drug-likeness (QED) is 0.651. The van der Waals surface area contributed by atoms with Gasteiger partial charge in [-0.1, -0.05) is 30.7 Å². The summed E-state index contributed by atoms with van der Waals surface area (Å²) in [6.45, 7) is 0. The van der Waals surface area contributed by atoms with Gasteiger partial charge in [0.25, 0.3) is 0 Å². The third-order valence-corrected chi connectivity index (χ3v) is 4.14. The van der Waals surface area contributed by atoms with E-state index in [-0.39, 0.29) is 6.04 Å². The fraction of sp³-hybridized carbons (Fsp3) is 0.400. The molecule has 4 heteroatoms. The summed E-state index contributed by atoms with van der Waals surface area (Å²) in [6, 6.07) is 10.8. The zero-order chi connectivity index (χ0) is 13.2. The molecular weight excluding hydrogens is 236 g/mol. The summed E-state index contributed by atoms with van der Waals surface area (Å²) >= 11 is 0. The predicted octanol–water partition coefficient (Wildman–Crippen LogP) is 2.24. The van der Waals surface area contributed by atoms with Gasteiger partial charge in [0, 0.05) is 13.2 Å². The average molecular weight is 256 g/mol. The Morgan fingerprint density at radius 3 is 2.79 bits per heavy atom. The second-order valence-electron chi connectivity index (χ2n) is 5.28. The van der Waals surface area contributed by atoms with Crippen molar-refractivity contribution < 1.29 is 0 Å². The molecule has 1 fully saturated rings. The largest absolute Gasteiger partial charge is 0.271 e. The predicted molar refractivity (Wildman–Crippen MR) is 75.4 cm³/mol. The second-order valence-corrected chi connectivity index (χ2v) is 5.28. The lowest BCUT2D eigenvalue weighted by atomic mass is 9.79. The first-order valence-corrected chi connectivity index (χ1v) is 6.83. The van der Waals surface area contributed by atoms with Gasteiger partial charge in [-0.05, 0) is 36.0 Å². The Hall–Kier alpha value is -1.65. The lowest BCUT2D eigenvalue weighted by Crippen LogP contribution is -2.30. The highest BCUT2D eigenvalue weighted by Crippen LogP contribution is 2.37. The molecule has 0 amide bonds. The maximum absolute atomic E-state index is 5.75. The summed E-state index contributed by atoms with van der Waals surface area (Å²) in [6.07, 6.45) is 5.79. The van der Waals surface area contributed by atoms with E-state index in [2.05, 4.69) is 34.8 Å². The van der Waals surface area contributed by atoms with Crippen LogP contribution in [0.5, 0.6) is 0 Å². The van der Waals surface area contributed by atoms with Crippen molar-refractivity contribution in [3.05, 3.63) is 53.3 Å². The van der Waals surface area contributed by atoms with Gasteiger partial charge >= 0.3 is 0 Å². The van der Waals surface area contributed by atoms with Crippen molar-refractivity contribution in [2.45, 2.75) is 31.2 Å². The van der Waals surface area contributed by atoms with E-state index >= 15 is 0 Å². The number of aromatic nitrogens is 2. The molecule has 1 saturated carbocycles. The number of rotatable bonds is 4. The van der Waals surface area contributed by atoms with Gasteiger partial charge < -0.3 is 0 Å². The maximum Gasteiger partial charge on any atom is 0.0878 e. The van der Waals surface area contributed by atoms with E-state index in [1.807, 2.05) is 17.8 Å². The second kappa shape index (κ2) is 5.15. The van der Waals surface area contributed by atoms with E-state index in [1.165, 1.54) is 30.4 Å². The van der Waals surface area contributed by atoms with Crippen molar-refractivity contribution in [2.24, 2.45) is 12.9 Å². The van der Waals surface area contributed by atoms with E-state index < -0.39 is 0 Å². The van der Waals surface area contributed by atoms with Crippen LogP contribution in [0.3, 0.4) is 0 Å². The maximum atomic E-state index is 5.75. The van der Waals surface area contributed by atoms with Gasteiger partial charge in [-0.15, -0.1) is 0 Å². The van der Waals surface area contributed by atoms with Gasteiger partial charge in [0.1, 0.15) is 0 Å². The summed E-state index contributed by atoms with van der Waals surface area (Å²) in [5.74, 6) is 6.49. The zero-order valence-corrected chi connectivity index (χ0v) is 11.2. The molecule has 1 atom stereocenters. The third kappa shape index (κ3) is 2.29. The number of nitrogens with two attached hydrogens (primary N) is 1. The van der Waals surface area contributed by atoms with Crippen molar-refractivity contribution in [3.8, 4) is 0 Å². The number of nitrogens with one attached hydrogen (secondary N) is 1. The average Bonchev–Trinajstić information content (AvgIpc) is 2.75. The first-order valence-electron chi connectivity index (χ1n) is 6.83. The number of hydrogen-bond acceptors (Lipinski definition) is 3. The highest BCUT2D eigenvalue weighted by atomic mass is 15.3. The molecular formula is C15H20N4. The van der Waals surface area contributed by atoms with Crippen LogP contribution >= 0.6 is 0 Å². The normalized spacial score (nSPS) is 17.2. The molecule has 1 unspecified atom stereocenters. The number of aryl methyl sites for hydroxylation is 1. The van der Waals surface area contributed by atoms with E-state index in [0.29, 0.717) is 0 Å². The van der Waals surface area contributed by atoms with Crippen LogP contribution < -0.4 is 11.3 Å². The molecule has 1 aromatic heterocycles. The molecule has 4 nitrogen and oxygen atoms in total. The molecule has 0 radical (unpaired) electrons. The van der Waals surface area contributed by atoms with Crippen LogP contribution in [-0.4, -0.2) is 9.78 Å². The molecule has 19 heavy (non-hydrogen) atoms. The van der Waals surface area contributed by atoms with Crippen molar-refractivity contribution in [2.75, 3.05) is 0 Å². The number of hydrazine groups is 1. The Bertz CT molecular complexity index is 557. The van der Waals surface area contributed by atoms with E-state index in [4.69, 9.17) is 5.84 Å². The Labute approximate surface area is 113 Å². The lowest BCUT2D eigenvalue weighted by molar-refractivity contribution is 0.419. The third-order valence-electron chi connectivity index (χ3n) is 4.14. The van der Waals surface area contributed by atoms with Crippen molar-refractivity contribution >= 4 is 0 Å². The van der Waals surface area contributed by atoms with Crippen LogP contribution in [0.1, 0.15) is 48.0 Å². The summed E-state index contributed by atoms with van der Waals surface area (Å²) in [4.78, 5) is 0. The topological polar surface area (TPSA) is 55.9 Å². The van der Waals surface area contributed by atoms with Gasteiger partial charge in [0.2, 0.25) is 0 Å². The molecule has 3 rings (SSSR count). The van der Waals surface area contributed by atoms with Gasteiger partial charge in [-0.2, -0.15) is 5.10 Å². The SMILES string of the molecule is Cn1nccc1C(NN)c1cccc(C2CCC2)c1. The first kappa shape index (κ1) is 12.4. The Morgan fingerprint density at radius 1 is 1.37 bits per heavy atom. The molecule has 1 aromatic carbocycles. The van der Waals surface area contributed by atoms with Crippen LogP contribution in [0.2, 0.25) is 0 Å². The molecule has 0 bridgehead atoms. The summed E-state index contributed by atoms with van der Waals surface area (Å²) < 4.78 is 1.86. The molecule has 100 valence electrons. The highest BCUT2D eigenvalue weighted by molar-refractivity contribution is 5.33. The summed E-state index contributed by atoms with van der Waals surface area (Å²) in [5.41, 5.74) is 6.62. The monoisotopic (exact) mass is 256 g/mol. The van der Waals surface area contributed by atoms with Crippen LogP contribution in [0.15, 0.2) is 36.5 Å². The number of nitrogens with zero attached hydrogens (tertiary/aromatic N) is 2. The minimum atomic E-state index is -0.00692. The molecule has 0 aliphatic heterocycles. The first-order chi connectivity index (χ1) is 9.29. The molecule has 0 spiro atoms. The fourth-order valence-electron chi connectivity index (χ4n) is 2.75. The van der Waals surface area contributed by atoms with Crippen molar-refractivity contribution in [1.82, 2.24) is 15.2 Å². The van der Waals surface area contributed by atoms with Crippen molar-refractivity contribution in [3.63, 3.8) is 0 Å². The van der Waals surface area contributed by atoms with E-state index in [0.717, 1.165) is 11.6 Å².